The summed E-state index contributed by atoms with van der Waals surface area (Å²) in [6.07, 6.45) is 0. The Bertz CT molecular complexity index is 542. The average Bonchev–Trinajstić information content (AvgIpc) is 2.17. The fraction of sp³-hybridized carbons (Fsp3) is 0.222. The van der Waals surface area contributed by atoms with Gasteiger partial charge in [-0.2, -0.15) is 8.42 Å². The predicted molar refractivity (Wildman–Crippen MR) is 66.2 cm³/mol. The van der Waals surface area contributed by atoms with Crippen LogP contribution < -0.4 is 9.86 Å². The van der Waals surface area contributed by atoms with E-state index in [2.05, 4.69) is 4.72 Å². The fourth-order valence-electron chi connectivity index (χ4n) is 1.16. The molecule has 0 bridgehead atoms. The lowest BCUT2D eigenvalue weighted by atomic mass is 10.2. The van der Waals surface area contributed by atoms with Crippen molar-refractivity contribution in [3.05, 3.63) is 28.8 Å². The molecule has 0 unspecified atom stereocenters. The number of carbonyl (C=O) groups excluding carboxylic acids is 1. The van der Waals surface area contributed by atoms with Gasteiger partial charge in [-0.25, -0.2) is 5.14 Å². The summed E-state index contributed by atoms with van der Waals surface area (Å²) < 4.78 is 23.7. The lowest BCUT2D eigenvalue weighted by Gasteiger charge is -2.13. The van der Waals surface area contributed by atoms with Crippen molar-refractivity contribution in [1.29, 1.82) is 0 Å². The Hall–Kier alpha value is -1.31. The molecular formula is C9H12ClN3O3S. The highest BCUT2D eigenvalue weighted by atomic mass is 35.5. The van der Waals surface area contributed by atoms with Crippen LogP contribution in [0, 0.1) is 0 Å². The van der Waals surface area contributed by atoms with Crippen molar-refractivity contribution in [1.82, 2.24) is 4.90 Å². The molecule has 0 saturated heterocycles. The van der Waals surface area contributed by atoms with E-state index in [0.29, 0.717) is 0 Å². The summed E-state index contributed by atoms with van der Waals surface area (Å²) in [5, 5.41) is 5.06. The van der Waals surface area contributed by atoms with Gasteiger partial charge in [0.2, 0.25) is 0 Å². The Balaban J connectivity index is 3.15. The molecular weight excluding hydrogens is 266 g/mol. The number of hydrogen-bond acceptors (Lipinski definition) is 3. The van der Waals surface area contributed by atoms with Gasteiger partial charge in [0, 0.05) is 14.1 Å². The average molecular weight is 278 g/mol. The molecule has 0 fully saturated rings. The third-order valence-corrected chi connectivity index (χ3v) is 2.71. The summed E-state index contributed by atoms with van der Waals surface area (Å²) in [5.41, 5.74) is 0.382. The Kier molecular flexibility index (Phi) is 3.97. The number of amides is 1. The third-order valence-electron chi connectivity index (χ3n) is 1.86. The number of nitrogens with zero attached hydrogens (tertiary/aromatic N) is 1. The highest BCUT2D eigenvalue weighted by Crippen LogP contribution is 2.21. The topological polar surface area (TPSA) is 92.5 Å². The predicted octanol–water partition coefficient (Wildman–Crippen LogP) is 0.657. The van der Waals surface area contributed by atoms with E-state index < -0.39 is 10.2 Å². The lowest BCUT2D eigenvalue weighted by Crippen LogP contribution is -2.24. The van der Waals surface area contributed by atoms with Gasteiger partial charge in [0.25, 0.3) is 16.1 Å². The normalized spacial score (nSPS) is 11.1. The molecule has 6 nitrogen and oxygen atoms in total. The second-order valence-corrected chi connectivity index (χ2v) is 5.24. The molecule has 8 heteroatoms. The lowest BCUT2D eigenvalue weighted by molar-refractivity contribution is 0.0828. The van der Waals surface area contributed by atoms with Gasteiger partial charge < -0.3 is 4.90 Å². The van der Waals surface area contributed by atoms with Crippen LogP contribution in [0.3, 0.4) is 0 Å². The minimum Gasteiger partial charge on any atom is -0.345 e. The Morgan fingerprint density at radius 1 is 1.41 bits per heavy atom. The fourth-order valence-corrected chi connectivity index (χ4v) is 1.81. The molecule has 0 aromatic heterocycles. The number of hydrogen-bond donors (Lipinski definition) is 2. The highest BCUT2D eigenvalue weighted by Gasteiger charge is 2.14. The van der Waals surface area contributed by atoms with Crippen LogP contribution in [0.2, 0.25) is 5.02 Å². The van der Waals surface area contributed by atoms with Crippen molar-refractivity contribution in [2.75, 3.05) is 18.8 Å². The van der Waals surface area contributed by atoms with Crippen molar-refractivity contribution in [2.45, 2.75) is 0 Å². The maximum Gasteiger partial charge on any atom is 0.296 e. The van der Waals surface area contributed by atoms with Crippen LogP contribution in [0.5, 0.6) is 0 Å². The monoisotopic (exact) mass is 277 g/mol. The highest BCUT2D eigenvalue weighted by molar-refractivity contribution is 7.90. The first kappa shape index (κ1) is 13.8. The minimum absolute atomic E-state index is 0.183. The van der Waals surface area contributed by atoms with E-state index in [1.165, 1.54) is 23.1 Å². The first-order valence-electron chi connectivity index (χ1n) is 4.52. The summed E-state index contributed by atoms with van der Waals surface area (Å²) in [6.45, 7) is 0. The molecule has 0 aliphatic heterocycles. The van der Waals surface area contributed by atoms with E-state index in [9.17, 15) is 13.2 Å². The maximum atomic E-state index is 11.7. The number of halogens is 1. The van der Waals surface area contributed by atoms with Gasteiger partial charge in [0.05, 0.1) is 16.3 Å². The van der Waals surface area contributed by atoms with Crippen LogP contribution in [-0.4, -0.2) is 33.3 Å². The molecule has 0 heterocycles. The second-order valence-electron chi connectivity index (χ2n) is 3.54. The van der Waals surface area contributed by atoms with Crippen LogP contribution in [0.1, 0.15) is 10.4 Å². The molecule has 0 radical (unpaired) electrons. The van der Waals surface area contributed by atoms with Gasteiger partial charge in [-0.1, -0.05) is 11.6 Å². The van der Waals surface area contributed by atoms with E-state index >= 15 is 0 Å². The summed E-state index contributed by atoms with van der Waals surface area (Å²) in [5.74, 6) is -0.326. The molecule has 1 amide bonds. The van der Waals surface area contributed by atoms with E-state index in [4.69, 9.17) is 16.7 Å². The number of anilines is 1. The van der Waals surface area contributed by atoms with Crippen LogP contribution in [-0.2, 0) is 10.2 Å². The molecule has 1 aromatic rings. The second kappa shape index (κ2) is 4.91. The van der Waals surface area contributed by atoms with Gasteiger partial charge >= 0.3 is 0 Å². The third kappa shape index (κ3) is 3.88. The largest absolute Gasteiger partial charge is 0.345 e. The van der Waals surface area contributed by atoms with Crippen molar-refractivity contribution in [3.8, 4) is 0 Å². The molecule has 0 atom stereocenters. The smallest absolute Gasteiger partial charge is 0.296 e. The summed E-state index contributed by atoms with van der Waals surface area (Å²) in [7, 11) is -0.735. The van der Waals surface area contributed by atoms with Crippen molar-refractivity contribution in [3.63, 3.8) is 0 Å². The summed E-state index contributed by atoms with van der Waals surface area (Å²) in [6, 6.07) is 4.17. The molecule has 0 aliphatic rings. The molecule has 0 saturated carbocycles. The van der Waals surface area contributed by atoms with Crippen LogP contribution in [0.4, 0.5) is 5.69 Å². The summed E-state index contributed by atoms with van der Waals surface area (Å²) >= 11 is 5.85. The number of nitrogens with one attached hydrogen (secondary N) is 1. The molecule has 3 N–H and O–H groups in total. The van der Waals surface area contributed by atoms with Crippen molar-refractivity contribution >= 4 is 33.4 Å². The molecule has 0 aliphatic carbocycles. The Morgan fingerprint density at radius 3 is 2.47 bits per heavy atom. The number of benzene rings is 1. The number of rotatable bonds is 3. The van der Waals surface area contributed by atoms with E-state index in [1.807, 2.05) is 0 Å². The molecule has 1 aromatic carbocycles. The van der Waals surface area contributed by atoms with Gasteiger partial charge in [-0.15, -0.1) is 0 Å². The van der Waals surface area contributed by atoms with E-state index in [0.717, 1.165) is 0 Å². The van der Waals surface area contributed by atoms with Gasteiger partial charge in [-0.05, 0) is 18.2 Å². The zero-order chi connectivity index (χ0) is 13.2. The van der Waals surface area contributed by atoms with Gasteiger partial charge in [0.1, 0.15) is 0 Å². The first-order valence-corrected chi connectivity index (χ1v) is 6.45. The number of carbonyl (C=O) groups is 1. The zero-order valence-corrected chi connectivity index (χ0v) is 10.8. The molecule has 17 heavy (non-hydrogen) atoms. The molecule has 0 spiro atoms. The maximum absolute atomic E-state index is 11.7. The van der Waals surface area contributed by atoms with Crippen LogP contribution in [0.25, 0.3) is 0 Å². The van der Waals surface area contributed by atoms with Crippen molar-refractivity contribution in [2.24, 2.45) is 5.14 Å². The Morgan fingerprint density at radius 2 is 2.00 bits per heavy atom. The quantitative estimate of drug-likeness (QED) is 0.850. The SMILES string of the molecule is CN(C)C(=O)c1cc(NS(N)(=O)=O)ccc1Cl. The van der Waals surface area contributed by atoms with E-state index in [1.54, 1.807) is 14.1 Å². The minimum atomic E-state index is -3.87. The summed E-state index contributed by atoms with van der Waals surface area (Å²) in [4.78, 5) is 13.1. The van der Waals surface area contributed by atoms with Gasteiger partial charge in [0.15, 0.2) is 0 Å². The number of nitrogens with two attached hydrogens (primary N) is 1. The zero-order valence-electron chi connectivity index (χ0n) is 9.27. The van der Waals surface area contributed by atoms with Gasteiger partial charge in [-0.3, -0.25) is 9.52 Å². The molecule has 1 rings (SSSR count). The van der Waals surface area contributed by atoms with Crippen molar-refractivity contribution < 1.29 is 13.2 Å². The standard InChI is InChI=1S/C9H12ClN3O3S/c1-13(2)9(14)7-5-6(3-4-8(7)10)12-17(11,15)16/h3-5,12H,1-2H3,(H2,11,15,16). The molecule has 94 valence electrons. The van der Waals surface area contributed by atoms with E-state index in [-0.39, 0.29) is 22.2 Å². The first-order chi connectivity index (χ1) is 7.70. The Labute approximate surface area is 105 Å². The van der Waals surface area contributed by atoms with Crippen LogP contribution in [0.15, 0.2) is 18.2 Å². The van der Waals surface area contributed by atoms with Crippen LogP contribution >= 0.6 is 11.6 Å².